The first-order valence-electron chi connectivity index (χ1n) is 15.0. The van der Waals surface area contributed by atoms with Crippen molar-refractivity contribution in [1.82, 2.24) is 4.90 Å². The van der Waals surface area contributed by atoms with Crippen molar-refractivity contribution in [3.8, 4) is 5.75 Å². The Morgan fingerprint density at radius 1 is 0.977 bits per heavy atom. The average Bonchev–Trinajstić information content (AvgIpc) is 3.42. The van der Waals surface area contributed by atoms with Gasteiger partial charge in [0.2, 0.25) is 5.91 Å². The van der Waals surface area contributed by atoms with Crippen LogP contribution in [0.2, 0.25) is 0 Å². The maximum atomic E-state index is 14.6. The standard InChI is InChI=1S/C34H36FNO6S/c1-22-6-5-9-30(35)28(22)21-42-26-15-16-29-25(20-26)14-17-31-34(29,43(40,41)27-7-3-2-4-8-27)18-19-36(31)32(37)23-10-12-24(13-11-23)33(38)39/h2-9,15-16,20,23-24,31H,10-14,17-19,21H2,1H3,(H,38,39)/t23-,24-,31-,34-/m1/s1. The summed E-state index contributed by atoms with van der Waals surface area (Å²) in [7, 11) is -3.93. The molecule has 1 amide bonds. The third-order valence-electron chi connectivity index (χ3n) is 9.84. The molecule has 0 spiro atoms. The average molecular weight is 606 g/mol. The van der Waals surface area contributed by atoms with Crippen molar-refractivity contribution in [2.24, 2.45) is 11.8 Å². The molecule has 0 aromatic heterocycles. The summed E-state index contributed by atoms with van der Waals surface area (Å²) in [6.45, 7) is 2.20. The third kappa shape index (κ3) is 5.01. The molecule has 1 saturated carbocycles. The predicted molar refractivity (Wildman–Crippen MR) is 159 cm³/mol. The van der Waals surface area contributed by atoms with Gasteiger partial charge in [-0.2, -0.15) is 0 Å². The Morgan fingerprint density at radius 3 is 2.40 bits per heavy atom. The molecule has 1 saturated heterocycles. The summed E-state index contributed by atoms with van der Waals surface area (Å²) in [4.78, 5) is 27.4. The van der Waals surface area contributed by atoms with Crippen LogP contribution in [-0.2, 0) is 37.2 Å². The number of carboxylic acid groups (broad SMARTS) is 1. The number of ether oxygens (including phenoxy) is 1. The van der Waals surface area contributed by atoms with Crippen LogP contribution >= 0.6 is 0 Å². The Kier molecular flexibility index (Phi) is 7.79. The van der Waals surface area contributed by atoms with Crippen molar-refractivity contribution in [2.45, 2.75) is 74.2 Å². The van der Waals surface area contributed by atoms with E-state index in [1.165, 1.54) is 6.07 Å². The maximum Gasteiger partial charge on any atom is 0.306 e. The van der Waals surface area contributed by atoms with Gasteiger partial charge in [-0.1, -0.05) is 36.4 Å². The molecule has 1 heterocycles. The molecule has 3 aliphatic rings. The van der Waals surface area contributed by atoms with Gasteiger partial charge in [0, 0.05) is 18.0 Å². The van der Waals surface area contributed by atoms with Gasteiger partial charge in [0.1, 0.15) is 22.9 Å². The number of carbonyl (C=O) groups excluding carboxylic acids is 1. The van der Waals surface area contributed by atoms with Crippen LogP contribution in [-0.4, -0.2) is 42.9 Å². The fourth-order valence-corrected chi connectivity index (χ4v) is 9.88. The number of amides is 1. The highest BCUT2D eigenvalue weighted by molar-refractivity contribution is 7.92. The van der Waals surface area contributed by atoms with Crippen LogP contribution in [0.15, 0.2) is 71.6 Å². The van der Waals surface area contributed by atoms with Gasteiger partial charge in [-0.05, 0) is 98.9 Å². The summed E-state index contributed by atoms with van der Waals surface area (Å²) in [5.74, 6) is -1.42. The summed E-state index contributed by atoms with van der Waals surface area (Å²) in [6, 6.07) is 18.2. The molecular weight excluding hydrogens is 569 g/mol. The molecule has 2 atom stereocenters. The first kappa shape index (κ1) is 29.4. The first-order valence-corrected chi connectivity index (χ1v) is 16.4. The fraction of sp³-hybridized carbons (Fsp3) is 0.412. The quantitative estimate of drug-likeness (QED) is 0.364. The second kappa shape index (κ2) is 11.4. The van der Waals surface area contributed by atoms with Crippen molar-refractivity contribution in [3.63, 3.8) is 0 Å². The fourth-order valence-electron chi connectivity index (χ4n) is 7.49. The number of sulfone groups is 1. The zero-order chi connectivity index (χ0) is 30.4. The lowest BCUT2D eigenvalue weighted by Crippen LogP contribution is -2.53. The summed E-state index contributed by atoms with van der Waals surface area (Å²) in [5.41, 5.74) is 2.81. The molecule has 0 radical (unpaired) electrons. The lowest BCUT2D eigenvalue weighted by molar-refractivity contribution is -0.146. The van der Waals surface area contributed by atoms with E-state index in [-0.39, 0.29) is 35.6 Å². The highest BCUT2D eigenvalue weighted by Gasteiger charge is 2.61. The van der Waals surface area contributed by atoms with Gasteiger partial charge < -0.3 is 14.7 Å². The van der Waals surface area contributed by atoms with E-state index in [1.807, 2.05) is 25.1 Å². The lowest BCUT2D eigenvalue weighted by atomic mass is 9.77. The molecule has 3 aromatic carbocycles. The highest BCUT2D eigenvalue weighted by Crippen LogP contribution is 2.53. The molecule has 2 aliphatic carbocycles. The molecule has 226 valence electrons. The van der Waals surface area contributed by atoms with Gasteiger partial charge in [-0.15, -0.1) is 0 Å². The SMILES string of the molecule is Cc1cccc(F)c1COc1ccc2c(c1)CC[C@H]1N(C(=O)[C@H]3CC[C@H](C(=O)O)CC3)CC[C@@]21S(=O)(=O)c1ccccc1. The summed E-state index contributed by atoms with van der Waals surface area (Å²) in [5, 5.41) is 9.40. The monoisotopic (exact) mass is 605 g/mol. The van der Waals surface area contributed by atoms with Crippen LogP contribution in [0.4, 0.5) is 4.39 Å². The molecule has 0 bridgehead atoms. The number of hydrogen-bond donors (Lipinski definition) is 1. The molecular formula is C34H36FNO6S. The maximum absolute atomic E-state index is 14.6. The Hall–Kier alpha value is -3.72. The summed E-state index contributed by atoms with van der Waals surface area (Å²) in [6.07, 6.45) is 3.22. The van der Waals surface area contributed by atoms with E-state index in [0.717, 1.165) is 11.1 Å². The van der Waals surface area contributed by atoms with E-state index < -0.39 is 32.5 Å². The number of carboxylic acids is 1. The van der Waals surface area contributed by atoms with Crippen LogP contribution in [0.1, 0.15) is 60.8 Å². The molecule has 3 aromatic rings. The number of hydrogen-bond acceptors (Lipinski definition) is 5. The smallest absolute Gasteiger partial charge is 0.306 e. The molecule has 6 rings (SSSR count). The zero-order valence-corrected chi connectivity index (χ0v) is 25.0. The van der Waals surface area contributed by atoms with Crippen LogP contribution in [0.3, 0.4) is 0 Å². The van der Waals surface area contributed by atoms with E-state index >= 15 is 0 Å². The van der Waals surface area contributed by atoms with Gasteiger partial charge >= 0.3 is 5.97 Å². The first-order chi connectivity index (χ1) is 20.6. The van der Waals surface area contributed by atoms with Crippen molar-refractivity contribution in [1.29, 1.82) is 0 Å². The Labute approximate surface area is 251 Å². The van der Waals surface area contributed by atoms with Gasteiger partial charge in [0.05, 0.1) is 16.9 Å². The van der Waals surface area contributed by atoms with Crippen LogP contribution in [0, 0.1) is 24.6 Å². The largest absolute Gasteiger partial charge is 0.489 e. The van der Waals surface area contributed by atoms with Crippen LogP contribution < -0.4 is 4.74 Å². The second-order valence-electron chi connectivity index (χ2n) is 12.1. The Morgan fingerprint density at radius 2 is 1.70 bits per heavy atom. The molecule has 2 fully saturated rings. The number of aryl methyl sites for hydroxylation is 2. The topological polar surface area (TPSA) is 101 Å². The second-order valence-corrected chi connectivity index (χ2v) is 14.3. The van der Waals surface area contributed by atoms with Crippen LogP contribution in [0.5, 0.6) is 5.75 Å². The van der Waals surface area contributed by atoms with Crippen molar-refractivity contribution >= 4 is 21.7 Å². The number of aliphatic carboxylic acids is 1. The van der Waals surface area contributed by atoms with Gasteiger partial charge in [0.25, 0.3) is 0 Å². The molecule has 9 heteroatoms. The van der Waals surface area contributed by atoms with E-state index in [0.29, 0.717) is 61.9 Å². The number of nitrogens with zero attached hydrogens (tertiary/aromatic N) is 1. The minimum atomic E-state index is -3.93. The third-order valence-corrected chi connectivity index (χ3v) is 12.4. The van der Waals surface area contributed by atoms with E-state index in [4.69, 9.17) is 4.74 Å². The van der Waals surface area contributed by atoms with Gasteiger partial charge in [0.15, 0.2) is 9.84 Å². The number of benzene rings is 3. The lowest BCUT2D eigenvalue weighted by Gasteiger charge is -2.43. The van der Waals surface area contributed by atoms with E-state index in [9.17, 15) is 27.5 Å². The molecule has 1 N–H and O–H groups in total. The van der Waals surface area contributed by atoms with E-state index in [1.54, 1.807) is 47.4 Å². The Balaban J connectivity index is 1.34. The zero-order valence-electron chi connectivity index (χ0n) is 24.2. The van der Waals surface area contributed by atoms with Gasteiger partial charge in [-0.3, -0.25) is 9.59 Å². The number of rotatable bonds is 7. The minimum Gasteiger partial charge on any atom is -0.489 e. The highest BCUT2D eigenvalue weighted by atomic mass is 32.2. The van der Waals surface area contributed by atoms with Crippen molar-refractivity contribution in [3.05, 3.63) is 94.8 Å². The Bertz CT molecular complexity index is 1630. The van der Waals surface area contributed by atoms with E-state index in [2.05, 4.69) is 0 Å². The minimum absolute atomic E-state index is 0.0553. The predicted octanol–water partition coefficient (Wildman–Crippen LogP) is 5.82. The molecule has 1 aliphatic heterocycles. The van der Waals surface area contributed by atoms with Crippen molar-refractivity contribution < 1.29 is 32.2 Å². The molecule has 7 nitrogen and oxygen atoms in total. The summed E-state index contributed by atoms with van der Waals surface area (Å²) >= 11 is 0. The van der Waals surface area contributed by atoms with Crippen LogP contribution in [0.25, 0.3) is 0 Å². The number of fused-ring (bicyclic) bond motifs is 3. The molecule has 0 unspecified atom stereocenters. The van der Waals surface area contributed by atoms with Crippen molar-refractivity contribution in [2.75, 3.05) is 6.54 Å². The molecule has 43 heavy (non-hydrogen) atoms. The number of halogens is 1. The number of carbonyl (C=O) groups is 2. The number of likely N-dealkylation sites (tertiary alicyclic amines) is 1. The summed E-state index contributed by atoms with van der Waals surface area (Å²) < 4.78 is 48.3. The normalized spacial score (nSPS) is 25.1. The van der Waals surface area contributed by atoms with Gasteiger partial charge in [-0.25, -0.2) is 12.8 Å².